The fraction of sp³-hybridized carbons (Fsp3) is 0.304. The lowest BCUT2D eigenvalue weighted by atomic mass is 10.0. The normalized spacial score (nSPS) is 14.0. The van der Waals surface area contributed by atoms with Crippen molar-refractivity contribution in [1.82, 2.24) is 4.90 Å². The van der Waals surface area contributed by atoms with Gasteiger partial charge in [-0.2, -0.15) is 0 Å². The van der Waals surface area contributed by atoms with Gasteiger partial charge in [-0.15, -0.1) is 0 Å². The van der Waals surface area contributed by atoms with E-state index >= 15 is 0 Å². The lowest BCUT2D eigenvalue weighted by molar-refractivity contribution is -0.137. The van der Waals surface area contributed by atoms with Gasteiger partial charge in [-0.1, -0.05) is 12.1 Å². The molecule has 0 fully saturated rings. The maximum atomic E-state index is 13.1. The average Bonchev–Trinajstić information content (AvgIpc) is 2.98. The number of nitrogens with one attached hydrogen (secondary N) is 1. The van der Waals surface area contributed by atoms with E-state index in [4.69, 9.17) is 14.2 Å². The summed E-state index contributed by atoms with van der Waals surface area (Å²) in [5.74, 6) is 0.636. The number of rotatable bonds is 9. The molecule has 0 atom stereocenters. The number of methoxy groups -OCH3 is 2. The van der Waals surface area contributed by atoms with Gasteiger partial charge >= 0.3 is 0 Å². The third-order valence-corrected chi connectivity index (χ3v) is 4.67. The number of carbonyl (C=O) groups excluding carboxylic acids is 2. The number of amides is 2. The van der Waals surface area contributed by atoms with E-state index in [1.807, 2.05) is 13.8 Å². The van der Waals surface area contributed by atoms with Crippen LogP contribution in [0.25, 0.3) is 5.57 Å². The zero-order chi connectivity index (χ0) is 21.7. The van der Waals surface area contributed by atoms with E-state index < -0.39 is 0 Å². The van der Waals surface area contributed by atoms with E-state index in [-0.39, 0.29) is 36.8 Å². The zero-order valence-electron chi connectivity index (χ0n) is 17.6. The average molecular weight is 410 g/mol. The van der Waals surface area contributed by atoms with Crippen molar-refractivity contribution in [3.63, 3.8) is 0 Å². The van der Waals surface area contributed by atoms with Gasteiger partial charge in [0.15, 0.2) is 0 Å². The second-order valence-corrected chi connectivity index (χ2v) is 7.01. The summed E-state index contributed by atoms with van der Waals surface area (Å²) in [6, 6.07) is 14.2. The molecular formula is C23H26N2O5. The smallest absolute Gasteiger partial charge is 0.278 e. The number of ether oxygens (including phenoxy) is 3. The van der Waals surface area contributed by atoms with E-state index in [0.29, 0.717) is 28.3 Å². The Morgan fingerprint density at radius 2 is 1.43 bits per heavy atom. The molecule has 158 valence electrons. The summed E-state index contributed by atoms with van der Waals surface area (Å²) in [5, 5.41) is 3.12. The van der Waals surface area contributed by atoms with Crippen LogP contribution >= 0.6 is 0 Å². The molecule has 1 N–H and O–H groups in total. The Labute approximate surface area is 176 Å². The van der Waals surface area contributed by atoms with Crippen molar-refractivity contribution < 1.29 is 23.8 Å². The molecule has 3 rings (SSSR count). The van der Waals surface area contributed by atoms with E-state index in [1.165, 1.54) is 4.90 Å². The van der Waals surface area contributed by atoms with Crippen molar-refractivity contribution >= 4 is 23.1 Å². The maximum Gasteiger partial charge on any atom is 0.278 e. The predicted octanol–water partition coefficient (Wildman–Crippen LogP) is 3.32. The Morgan fingerprint density at radius 3 is 1.97 bits per heavy atom. The second-order valence-electron chi connectivity index (χ2n) is 7.01. The minimum Gasteiger partial charge on any atom is -0.497 e. The van der Waals surface area contributed by atoms with Crippen molar-refractivity contribution in [3.8, 4) is 11.5 Å². The van der Waals surface area contributed by atoms with Crippen molar-refractivity contribution in [2.24, 2.45) is 0 Å². The van der Waals surface area contributed by atoms with E-state index in [2.05, 4.69) is 5.32 Å². The van der Waals surface area contributed by atoms with E-state index in [9.17, 15) is 9.59 Å². The summed E-state index contributed by atoms with van der Waals surface area (Å²) >= 11 is 0. The van der Waals surface area contributed by atoms with Crippen LogP contribution in [0.15, 0.2) is 54.2 Å². The van der Waals surface area contributed by atoms with Gasteiger partial charge in [0.2, 0.25) is 0 Å². The van der Waals surface area contributed by atoms with Crippen LogP contribution in [-0.4, -0.2) is 50.2 Å². The molecule has 1 heterocycles. The first kappa shape index (κ1) is 21.4. The van der Waals surface area contributed by atoms with Gasteiger partial charge < -0.3 is 19.5 Å². The Hall–Kier alpha value is -3.32. The van der Waals surface area contributed by atoms with Gasteiger partial charge in [0, 0.05) is 5.69 Å². The summed E-state index contributed by atoms with van der Waals surface area (Å²) in [6.07, 6.45) is 0.0173. The van der Waals surface area contributed by atoms with Gasteiger partial charge in [-0.25, -0.2) is 0 Å². The van der Waals surface area contributed by atoms with Crippen LogP contribution in [-0.2, 0) is 14.3 Å². The van der Waals surface area contributed by atoms with Crippen LogP contribution in [0, 0.1) is 0 Å². The fourth-order valence-corrected chi connectivity index (χ4v) is 3.12. The lowest BCUT2D eigenvalue weighted by Crippen LogP contribution is -2.35. The highest BCUT2D eigenvalue weighted by Gasteiger charge is 2.39. The SMILES string of the molecule is COc1ccc(NC2=C(c3ccc(OC)cc3)C(=O)N(CCOC(C)C)C2=O)cc1. The third kappa shape index (κ3) is 4.63. The molecule has 0 aromatic heterocycles. The molecule has 30 heavy (non-hydrogen) atoms. The molecule has 2 amide bonds. The second kappa shape index (κ2) is 9.45. The molecule has 0 bridgehead atoms. The summed E-state index contributed by atoms with van der Waals surface area (Å²) in [6.45, 7) is 4.28. The van der Waals surface area contributed by atoms with Crippen LogP contribution in [0.1, 0.15) is 19.4 Å². The van der Waals surface area contributed by atoms with Gasteiger partial charge in [0.1, 0.15) is 17.2 Å². The van der Waals surface area contributed by atoms with Crippen molar-refractivity contribution in [2.75, 3.05) is 32.7 Å². The molecular weight excluding hydrogens is 384 g/mol. The number of nitrogens with zero attached hydrogens (tertiary/aromatic N) is 1. The highest BCUT2D eigenvalue weighted by atomic mass is 16.5. The highest BCUT2D eigenvalue weighted by molar-refractivity contribution is 6.36. The molecule has 1 aliphatic heterocycles. The molecule has 7 heteroatoms. The summed E-state index contributed by atoms with van der Waals surface area (Å²) in [7, 11) is 3.16. The topological polar surface area (TPSA) is 77.1 Å². The molecule has 0 saturated carbocycles. The monoisotopic (exact) mass is 410 g/mol. The van der Waals surface area contributed by atoms with Gasteiger partial charge in [0.25, 0.3) is 11.8 Å². The quantitative estimate of drug-likeness (QED) is 0.639. The number of benzene rings is 2. The molecule has 2 aromatic rings. The Balaban J connectivity index is 1.94. The predicted molar refractivity (Wildman–Crippen MR) is 114 cm³/mol. The first-order valence-corrected chi connectivity index (χ1v) is 9.72. The maximum absolute atomic E-state index is 13.1. The third-order valence-electron chi connectivity index (χ3n) is 4.67. The van der Waals surface area contributed by atoms with Crippen LogP contribution in [0.5, 0.6) is 11.5 Å². The number of hydrogen-bond donors (Lipinski definition) is 1. The first-order valence-electron chi connectivity index (χ1n) is 9.72. The number of hydrogen-bond acceptors (Lipinski definition) is 6. The Bertz CT molecular complexity index is 933. The molecule has 1 aliphatic rings. The summed E-state index contributed by atoms with van der Waals surface area (Å²) < 4.78 is 15.9. The number of carbonyl (C=O) groups is 2. The number of imide groups is 1. The van der Waals surface area contributed by atoms with Crippen LogP contribution in [0.4, 0.5) is 5.69 Å². The summed E-state index contributed by atoms with van der Waals surface area (Å²) in [4.78, 5) is 27.5. The molecule has 0 saturated heterocycles. The van der Waals surface area contributed by atoms with Crippen LogP contribution in [0.3, 0.4) is 0 Å². The molecule has 7 nitrogen and oxygen atoms in total. The molecule has 2 aromatic carbocycles. The highest BCUT2D eigenvalue weighted by Crippen LogP contribution is 2.31. The first-order chi connectivity index (χ1) is 14.4. The van der Waals surface area contributed by atoms with E-state index in [1.54, 1.807) is 62.8 Å². The van der Waals surface area contributed by atoms with Crippen molar-refractivity contribution in [2.45, 2.75) is 20.0 Å². The van der Waals surface area contributed by atoms with Gasteiger partial charge in [-0.3, -0.25) is 14.5 Å². The minimum absolute atomic E-state index is 0.0173. The number of anilines is 1. The lowest BCUT2D eigenvalue weighted by Gasteiger charge is -2.16. The zero-order valence-corrected chi connectivity index (χ0v) is 17.6. The summed E-state index contributed by atoms with van der Waals surface area (Å²) in [5.41, 5.74) is 1.87. The minimum atomic E-state index is -0.381. The molecule has 0 unspecified atom stereocenters. The van der Waals surface area contributed by atoms with Crippen LogP contribution in [0.2, 0.25) is 0 Å². The van der Waals surface area contributed by atoms with Crippen LogP contribution < -0.4 is 14.8 Å². The molecule has 0 spiro atoms. The van der Waals surface area contributed by atoms with Gasteiger partial charge in [0.05, 0.1) is 39.0 Å². The Kier molecular flexibility index (Phi) is 6.74. The van der Waals surface area contributed by atoms with E-state index in [0.717, 1.165) is 0 Å². The van der Waals surface area contributed by atoms with Crippen molar-refractivity contribution in [3.05, 3.63) is 59.8 Å². The largest absolute Gasteiger partial charge is 0.497 e. The Morgan fingerprint density at radius 1 is 0.867 bits per heavy atom. The molecule has 0 aliphatic carbocycles. The standard InChI is InChI=1S/C23H26N2O5/c1-15(2)30-14-13-25-22(26)20(16-5-9-18(28-3)10-6-16)21(23(25)27)24-17-7-11-19(29-4)12-8-17/h5-12,15,24H,13-14H2,1-4H3. The fourth-order valence-electron chi connectivity index (χ4n) is 3.12. The molecule has 0 radical (unpaired) electrons. The van der Waals surface area contributed by atoms with Crippen molar-refractivity contribution in [1.29, 1.82) is 0 Å². The van der Waals surface area contributed by atoms with Gasteiger partial charge in [-0.05, 0) is 55.8 Å².